The maximum atomic E-state index is 12.5. The van der Waals surface area contributed by atoms with Crippen molar-refractivity contribution in [3.8, 4) is 11.4 Å². The van der Waals surface area contributed by atoms with E-state index in [1.54, 1.807) is 23.7 Å². The molecule has 0 radical (unpaired) electrons. The summed E-state index contributed by atoms with van der Waals surface area (Å²) in [5, 5.41) is 4.06. The molecule has 2 heterocycles. The molecule has 0 aliphatic heterocycles. The molecule has 2 aromatic heterocycles. The van der Waals surface area contributed by atoms with Gasteiger partial charge in [0.25, 0.3) is 5.91 Å². The summed E-state index contributed by atoms with van der Waals surface area (Å²) in [6.07, 6.45) is 13.1. The van der Waals surface area contributed by atoms with Crippen LogP contribution < -0.4 is 5.32 Å². The number of aryl methyl sites for hydroxylation is 1. The Morgan fingerprint density at radius 1 is 1.09 bits per heavy atom. The second-order valence-electron chi connectivity index (χ2n) is 6.06. The summed E-state index contributed by atoms with van der Waals surface area (Å²) in [7, 11) is 0. The van der Waals surface area contributed by atoms with Crippen LogP contribution in [0.25, 0.3) is 11.4 Å². The zero-order valence-electron chi connectivity index (χ0n) is 13.0. The van der Waals surface area contributed by atoms with Crippen LogP contribution in [-0.2, 0) is 17.6 Å². The van der Waals surface area contributed by atoms with Gasteiger partial charge in [-0.15, -0.1) is 11.3 Å². The van der Waals surface area contributed by atoms with Gasteiger partial charge in [-0.1, -0.05) is 6.08 Å². The van der Waals surface area contributed by atoms with Crippen LogP contribution in [0, 0.1) is 0 Å². The minimum atomic E-state index is 0.0401. The summed E-state index contributed by atoms with van der Waals surface area (Å²) in [6, 6.07) is 1.82. The number of aromatic nitrogens is 2. The fourth-order valence-corrected chi connectivity index (χ4v) is 4.66. The largest absolute Gasteiger partial charge is 0.313 e. The van der Waals surface area contributed by atoms with Gasteiger partial charge in [-0.2, -0.15) is 0 Å². The molecule has 2 aliphatic rings. The topological polar surface area (TPSA) is 54.9 Å². The lowest BCUT2D eigenvalue weighted by Crippen LogP contribution is -2.13. The van der Waals surface area contributed by atoms with Gasteiger partial charge in [-0.05, 0) is 56.6 Å². The van der Waals surface area contributed by atoms with Crippen molar-refractivity contribution in [2.75, 3.05) is 5.32 Å². The summed E-state index contributed by atoms with van der Waals surface area (Å²) < 4.78 is 0. The highest BCUT2D eigenvalue weighted by Crippen LogP contribution is 2.43. The first-order valence-corrected chi connectivity index (χ1v) is 9.07. The van der Waals surface area contributed by atoms with Crippen molar-refractivity contribution in [3.05, 3.63) is 40.5 Å². The molecule has 2 aromatic rings. The number of fused-ring (bicyclic) bond motifs is 1. The third-order valence-corrected chi connectivity index (χ3v) is 5.73. The summed E-state index contributed by atoms with van der Waals surface area (Å²) in [4.78, 5) is 22.7. The SMILES string of the molecule is O=C(Nc1sc2c(c1-c1ncccn1)CCCC2)C1=CCCC1. The van der Waals surface area contributed by atoms with Gasteiger partial charge in [0.1, 0.15) is 5.00 Å². The lowest BCUT2D eigenvalue weighted by Gasteiger charge is -2.12. The molecule has 1 N–H and O–H groups in total. The third kappa shape index (κ3) is 2.81. The van der Waals surface area contributed by atoms with Crippen LogP contribution in [0.15, 0.2) is 30.1 Å². The first-order valence-electron chi connectivity index (χ1n) is 8.25. The van der Waals surface area contributed by atoms with Crippen molar-refractivity contribution < 1.29 is 4.79 Å². The number of hydrogen-bond donors (Lipinski definition) is 1. The molecule has 2 aliphatic carbocycles. The average Bonchev–Trinajstić information content (AvgIpc) is 3.23. The van der Waals surface area contributed by atoms with E-state index in [2.05, 4.69) is 21.4 Å². The molecule has 1 amide bonds. The Bertz CT molecular complexity index is 764. The zero-order chi connectivity index (χ0) is 15.6. The Labute approximate surface area is 139 Å². The molecule has 0 saturated heterocycles. The van der Waals surface area contributed by atoms with Crippen LogP contribution in [0.4, 0.5) is 5.00 Å². The average molecular weight is 325 g/mol. The minimum Gasteiger partial charge on any atom is -0.313 e. The predicted molar refractivity (Wildman–Crippen MR) is 92.6 cm³/mol. The fourth-order valence-electron chi connectivity index (χ4n) is 3.38. The molecule has 0 aromatic carbocycles. The van der Waals surface area contributed by atoms with Gasteiger partial charge in [0.05, 0.1) is 5.56 Å². The maximum absolute atomic E-state index is 12.5. The van der Waals surface area contributed by atoms with E-state index in [4.69, 9.17) is 0 Å². The highest BCUT2D eigenvalue weighted by molar-refractivity contribution is 7.17. The van der Waals surface area contributed by atoms with E-state index in [1.807, 2.05) is 6.07 Å². The van der Waals surface area contributed by atoms with Crippen molar-refractivity contribution in [2.45, 2.75) is 44.9 Å². The van der Waals surface area contributed by atoms with Crippen LogP contribution in [0.5, 0.6) is 0 Å². The molecule has 0 atom stereocenters. The van der Waals surface area contributed by atoms with Crippen LogP contribution in [-0.4, -0.2) is 15.9 Å². The van der Waals surface area contributed by atoms with E-state index in [-0.39, 0.29) is 5.91 Å². The molecule has 0 unspecified atom stereocenters. The van der Waals surface area contributed by atoms with Crippen LogP contribution in [0.3, 0.4) is 0 Å². The zero-order valence-corrected chi connectivity index (χ0v) is 13.8. The van der Waals surface area contributed by atoms with Crippen molar-refractivity contribution in [2.24, 2.45) is 0 Å². The molecule has 4 rings (SSSR count). The van der Waals surface area contributed by atoms with E-state index in [9.17, 15) is 4.79 Å². The van der Waals surface area contributed by atoms with Crippen molar-refractivity contribution >= 4 is 22.2 Å². The number of anilines is 1. The van der Waals surface area contributed by atoms with Gasteiger partial charge in [0.15, 0.2) is 5.82 Å². The van der Waals surface area contributed by atoms with E-state index in [0.717, 1.165) is 54.1 Å². The highest BCUT2D eigenvalue weighted by atomic mass is 32.1. The van der Waals surface area contributed by atoms with Gasteiger partial charge in [0.2, 0.25) is 0 Å². The van der Waals surface area contributed by atoms with Crippen molar-refractivity contribution in [1.29, 1.82) is 0 Å². The maximum Gasteiger partial charge on any atom is 0.251 e. The van der Waals surface area contributed by atoms with Crippen molar-refractivity contribution in [1.82, 2.24) is 9.97 Å². The number of carbonyl (C=O) groups excluding carboxylic acids is 1. The summed E-state index contributed by atoms with van der Waals surface area (Å²) in [5.41, 5.74) is 3.29. The lowest BCUT2D eigenvalue weighted by atomic mass is 9.95. The number of nitrogens with one attached hydrogen (secondary N) is 1. The summed E-state index contributed by atoms with van der Waals surface area (Å²) >= 11 is 1.70. The Morgan fingerprint density at radius 2 is 1.91 bits per heavy atom. The predicted octanol–water partition coefficient (Wildman–Crippen LogP) is 4.13. The number of rotatable bonds is 3. The molecule has 118 valence electrons. The Hall–Kier alpha value is -2.01. The Morgan fingerprint density at radius 3 is 2.70 bits per heavy atom. The lowest BCUT2D eigenvalue weighted by molar-refractivity contribution is -0.112. The number of allylic oxidation sites excluding steroid dienone is 1. The molecule has 0 bridgehead atoms. The second-order valence-corrected chi connectivity index (χ2v) is 7.17. The van der Waals surface area contributed by atoms with E-state index in [1.165, 1.54) is 23.3 Å². The standard InChI is InChI=1S/C18H19N3OS/c22-17(12-6-1-2-7-12)21-18-15(16-19-10-5-11-20-16)13-8-3-4-9-14(13)23-18/h5-6,10-11H,1-4,7-9H2,(H,21,22). The van der Waals surface area contributed by atoms with Gasteiger partial charge < -0.3 is 5.32 Å². The number of amides is 1. The minimum absolute atomic E-state index is 0.0401. The van der Waals surface area contributed by atoms with E-state index in [0.29, 0.717) is 0 Å². The number of carbonyl (C=O) groups is 1. The smallest absolute Gasteiger partial charge is 0.251 e. The fraction of sp³-hybridized carbons (Fsp3) is 0.389. The number of thiophene rings is 1. The molecule has 0 fully saturated rings. The van der Waals surface area contributed by atoms with Crippen LogP contribution >= 0.6 is 11.3 Å². The second kappa shape index (κ2) is 6.24. The van der Waals surface area contributed by atoms with Gasteiger partial charge in [-0.25, -0.2) is 9.97 Å². The molecular weight excluding hydrogens is 306 g/mol. The normalized spacial score (nSPS) is 16.8. The first kappa shape index (κ1) is 14.6. The Kier molecular flexibility index (Phi) is 3.95. The molecule has 4 nitrogen and oxygen atoms in total. The highest BCUT2D eigenvalue weighted by Gasteiger charge is 2.25. The molecule has 23 heavy (non-hydrogen) atoms. The van der Waals surface area contributed by atoms with E-state index < -0.39 is 0 Å². The quantitative estimate of drug-likeness (QED) is 0.923. The monoisotopic (exact) mass is 325 g/mol. The summed E-state index contributed by atoms with van der Waals surface area (Å²) in [5.74, 6) is 0.765. The first-order chi connectivity index (χ1) is 11.3. The molecule has 0 saturated carbocycles. The molecule has 0 spiro atoms. The summed E-state index contributed by atoms with van der Waals surface area (Å²) in [6.45, 7) is 0. The van der Waals surface area contributed by atoms with Crippen LogP contribution in [0.1, 0.15) is 42.5 Å². The number of hydrogen-bond acceptors (Lipinski definition) is 4. The number of nitrogens with zero attached hydrogens (tertiary/aromatic N) is 2. The Balaban J connectivity index is 1.73. The van der Waals surface area contributed by atoms with Crippen molar-refractivity contribution in [3.63, 3.8) is 0 Å². The third-order valence-electron chi connectivity index (χ3n) is 4.52. The van der Waals surface area contributed by atoms with Gasteiger partial charge in [0, 0.05) is 22.8 Å². The molecule has 5 heteroatoms. The van der Waals surface area contributed by atoms with E-state index >= 15 is 0 Å². The van der Waals surface area contributed by atoms with Gasteiger partial charge >= 0.3 is 0 Å². The van der Waals surface area contributed by atoms with Gasteiger partial charge in [-0.3, -0.25) is 4.79 Å². The molecular formula is C18H19N3OS. The van der Waals surface area contributed by atoms with Crippen LogP contribution in [0.2, 0.25) is 0 Å².